The van der Waals surface area contributed by atoms with Crippen molar-refractivity contribution in [3.63, 3.8) is 0 Å². The van der Waals surface area contributed by atoms with Gasteiger partial charge in [0.25, 0.3) is 5.91 Å². The van der Waals surface area contributed by atoms with Crippen molar-refractivity contribution in [3.8, 4) is 0 Å². The monoisotopic (exact) mass is 343 g/mol. The molecule has 2 heterocycles. The molecular weight excluding hydrogens is 322 g/mol. The average Bonchev–Trinajstić information content (AvgIpc) is 2.85. The predicted molar refractivity (Wildman–Crippen MR) is 90.6 cm³/mol. The molecule has 1 saturated heterocycles. The van der Waals surface area contributed by atoms with E-state index in [-0.39, 0.29) is 30.7 Å². The number of piperidine rings is 1. The normalized spacial score (nSPS) is 20.4. The highest BCUT2D eigenvalue weighted by atomic mass is 16.2. The molecule has 1 unspecified atom stereocenters. The summed E-state index contributed by atoms with van der Waals surface area (Å²) in [5.41, 5.74) is 1.21. The number of nitrogens with zero attached hydrogens (tertiary/aromatic N) is 1. The summed E-state index contributed by atoms with van der Waals surface area (Å²) in [6, 6.07) is 4.49. The first-order valence-corrected chi connectivity index (χ1v) is 8.26. The molecular formula is C18H21N3O4. The maximum atomic E-state index is 12.7. The lowest BCUT2D eigenvalue weighted by molar-refractivity contribution is -0.137. The Morgan fingerprint density at radius 1 is 1.24 bits per heavy atom. The summed E-state index contributed by atoms with van der Waals surface area (Å²) in [6.07, 6.45) is 0.526. The Labute approximate surface area is 145 Å². The maximum Gasteiger partial charge on any atom is 0.255 e. The number of rotatable bonds is 2. The van der Waals surface area contributed by atoms with Crippen molar-refractivity contribution in [2.24, 2.45) is 5.41 Å². The van der Waals surface area contributed by atoms with Crippen LogP contribution in [0.25, 0.3) is 0 Å². The van der Waals surface area contributed by atoms with E-state index in [9.17, 15) is 19.2 Å². The summed E-state index contributed by atoms with van der Waals surface area (Å²) in [7, 11) is 0. The van der Waals surface area contributed by atoms with Crippen LogP contribution in [0.15, 0.2) is 18.2 Å². The third-order valence-corrected chi connectivity index (χ3v) is 4.51. The van der Waals surface area contributed by atoms with E-state index in [2.05, 4.69) is 10.6 Å². The molecule has 1 aromatic carbocycles. The molecule has 0 aliphatic carbocycles. The highest BCUT2D eigenvalue weighted by molar-refractivity contribution is 6.07. The van der Waals surface area contributed by atoms with Crippen molar-refractivity contribution in [1.29, 1.82) is 0 Å². The van der Waals surface area contributed by atoms with Crippen molar-refractivity contribution in [3.05, 3.63) is 29.3 Å². The SMILES string of the molecule is CC(C)(C)C(=O)Nc1cccc2c1CN(C1CCC(=O)NC1=O)C2=O. The zero-order valence-electron chi connectivity index (χ0n) is 14.5. The lowest BCUT2D eigenvalue weighted by Crippen LogP contribution is -2.52. The molecule has 1 fully saturated rings. The minimum Gasteiger partial charge on any atom is -0.325 e. The zero-order valence-corrected chi connectivity index (χ0v) is 14.5. The minimum absolute atomic E-state index is 0.146. The number of nitrogens with one attached hydrogen (secondary N) is 2. The van der Waals surface area contributed by atoms with Gasteiger partial charge in [0.1, 0.15) is 6.04 Å². The number of hydrogen-bond acceptors (Lipinski definition) is 4. The van der Waals surface area contributed by atoms with Crippen molar-refractivity contribution < 1.29 is 19.2 Å². The summed E-state index contributed by atoms with van der Waals surface area (Å²) in [4.78, 5) is 49.9. The molecule has 2 N–H and O–H groups in total. The predicted octanol–water partition coefficient (Wildman–Crippen LogP) is 1.43. The summed E-state index contributed by atoms with van der Waals surface area (Å²) >= 11 is 0. The number of carbonyl (C=O) groups excluding carboxylic acids is 4. The molecule has 3 rings (SSSR count). The molecule has 2 aliphatic heterocycles. The third-order valence-electron chi connectivity index (χ3n) is 4.51. The molecule has 7 heteroatoms. The minimum atomic E-state index is -0.663. The van der Waals surface area contributed by atoms with Gasteiger partial charge in [0.05, 0.1) is 0 Å². The Kier molecular flexibility index (Phi) is 4.10. The molecule has 1 atom stereocenters. The van der Waals surface area contributed by atoms with E-state index < -0.39 is 17.4 Å². The van der Waals surface area contributed by atoms with Crippen LogP contribution in [-0.4, -0.2) is 34.6 Å². The van der Waals surface area contributed by atoms with Crippen LogP contribution >= 0.6 is 0 Å². The van der Waals surface area contributed by atoms with Crippen LogP contribution in [0.4, 0.5) is 5.69 Å². The van der Waals surface area contributed by atoms with Crippen molar-refractivity contribution in [2.75, 3.05) is 5.32 Å². The van der Waals surface area contributed by atoms with E-state index in [1.807, 2.05) is 20.8 Å². The first-order chi connectivity index (χ1) is 11.7. The molecule has 2 aliphatic rings. The van der Waals surface area contributed by atoms with Crippen LogP contribution in [0, 0.1) is 5.41 Å². The van der Waals surface area contributed by atoms with Gasteiger partial charge in [-0.15, -0.1) is 0 Å². The Balaban J connectivity index is 1.86. The largest absolute Gasteiger partial charge is 0.325 e. The van der Waals surface area contributed by atoms with Gasteiger partial charge in [0.2, 0.25) is 17.7 Å². The fourth-order valence-corrected chi connectivity index (χ4v) is 3.01. The van der Waals surface area contributed by atoms with Gasteiger partial charge in [0, 0.05) is 35.2 Å². The molecule has 4 amide bonds. The smallest absolute Gasteiger partial charge is 0.255 e. The first-order valence-electron chi connectivity index (χ1n) is 8.26. The molecule has 0 saturated carbocycles. The molecule has 0 aromatic heterocycles. The second-order valence-corrected chi connectivity index (χ2v) is 7.44. The lowest BCUT2D eigenvalue weighted by Gasteiger charge is -2.29. The van der Waals surface area contributed by atoms with Crippen molar-refractivity contribution in [2.45, 2.75) is 46.2 Å². The standard InChI is InChI=1S/C18H21N3O4/c1-18(2,3)17(25)19-12-6-4-5-10-11(12)9-21(16(10)24)13-7-8-14(22)20-15(13)23/h4-6,13H,7-9H2,1-3H3,(H,19,25)(H,20,22,23). The van der Waals surface area contributed by atoms with Gasteiger partial charge in [-0.3, -0.25) is 24.5 Å². The number of carbonyl (C=O) groups is 4. The molecule has 1 aromatic rings. The van der Waals surface area contributed by atoms with Crippen LogP contribution in [0.3, 0.4) is 0 Å². The summed E-state index contributed by atoms with van der Waals surface area (Å²) in [5.74, 6) is -1.16. The second kappa shape index (κ2) is 5.98. The molecule has 132 valence electrons. The van der Waals surface area contributed by atoms with Gasteiger partial charge in [-0.1, -0.05) is 26.8 Å². The fourth-order valence-electron chi connectivity index (χ4n) is 3.01. The van der Waals surface area contributed by atoms with E-state index in [0.29, 0.717) is 23.2 Å². The number of imide groups is 1. The van der Waals surface area contributed by atoms with Gasteiger partial charge in [-0.2, -0.15) is 0 Å². The molecule has 0 radical (unpaired) electrons. The van der Waals surface area contributed by atoms with Gasteiger partial charge >= 0.3 is 0 Å². The summed E-state index contributed by atoms with van der Waals surface area (Å²) in [6.45, 7) is 5.67. The van der Waals surface area contributed by atoms with Crippen molar-refractivity contribution in [1.82, 2.24) is 10.2 Å². The van der Waals surface area contributed by atoms with E-state index in [1.54, 1.807) is 18.2 Å². The Morgan fingerprint density at radius 3 is 2.60 bits per heavy atom. The molecule has 25 heavy (non-hydrogen) atoms. The fraction of sp³-hybridized carbons (Fsp3) is 0.444. The van der Waals surface area contributed by atoms with Gasteiger partial charge < -0.3 is 10.2 Å². The molecule has 0 bridgehead atoms. The Bertz CT molecular complexity index is 779. The average molecular weight is 343 g/mol. The van der Waals surface area contributed by atoms with Crippen LogP contribution in [0.1, 0.15) is 49.5 Å². The van der Waals surface area contributed by atoms with E-state index in [4.69, 9.17) is 0 Å². The maximum absolute atomic E-state index is 12.7. The topological polar surface area (TPSA) is 95.6 Å². The first kappa shape index (κ1) is 17.1. The molecule has 0 spiro atoms. The summed E-state index contributed by atoms with van der Waals surface area (Å²) in [5, 5.41) is 5.15. The van der Waals surface area contributed by atoms with Gasteiger partial charge in [-0.25, -0.2) is 0 Å². The van der Waals surface area contributed by atoms with E-state index in [1.165, 1.54) is 4.90 Å². The highest BCUT2D eigenvalue weighted by Gasteiger charge is 2.40. The third kappa shape index (κ3) is 3.14. The van der Waals surface area contributed by atoms with Gasteiger partial charge in [-0.05, 0) is 18.6 Å². The number of benzene rings is 1. The highest BCUT2D eigenvalue weighted by Crippen LogP contribution is 2.33. The number of hydrogen-bond donors (Lipinski definition) is 2. The van der Waals surface area contributed by atoms with Gasteiger partial charge in [0.15, 0.2) is 0 Å². The quantitative estimate of drug-likeness (QED) is 0.794. The van der Waals surface area contributed by atoms with E-state index >= 15 is 0 Å². The van der Waals surface area contributed by atoms with Crippen LogP contribution in [0.2, 0.25) is 0 Å². The summed E-state index contributed by atoms with van der Waals surface area (Å²) < 4.78 is 0. The van der Waals surface area contributed by atoms with Crippen molar-refractivity contribution >= 4 is 29.3 Å². The Morgan fingerprint density at radius 2 is 1.96 bits per heavy atom. The zero-order chi connectivity index (χ0) is 18.4. The Hall–Kier alpha value is -2.70. The lowest BCUT2D eigenvalue weighted by atomic mass is 9.95. The van der Waals surface area contributed by atoms with Crippen LogP contribution in [-0.2, 0) is 20.9 Å². The number of amides is 4. The number of fused-ring (bicyclic) bond motifs is 1. The van der Waals surface area contributed by atoms with Crippen LogP contribution in [0.5, 0.6) is 0 Å². The molecule has 7 nitrogen and oxygen atoms in total. The number of anilines is 1. The van der Waals surface area contributed by atoms with Crippen LogP contribution < -0.4 is 10.6 Å². The second-order valence-electron chi connectivity index (χ2n) is 7.44. The van der Waals surface area contributed by atoms with E-state index in [0.717, 1.165) is 0 Å².